The Hall–Kier alpha value is -1.30. The first-order chi connectivity index (χ1) is 8.37. The summed E-state index contributed by atoms with van der Waals surface area (Å²) < 4.78 is 37.4. The van der Waals surface area contributed by atoms with Crippen molar-refractivity contribution in [2.24, 2.45) is 0 Å². The van der Waals surface area contributed by atoms with Crippen LogP contribution in [0.25, 0.3) is 0 Å². The first-order valence-electron chi connectivity index (χ1n) is 5.76. The molecule has 102 valence electrons. The number of pyridine rings is 1. The fourth-order valence-electron chi connectivity index (χ4n) is 1.68. The average Bonchev–Trinajstić information content (AvgIpc) is 2.26. The highest BCUT2D eigenvalue weighted by atomic mass is 19.4. The van der Waals surface area contributed by atoms with Gasteiger partial charge in [0.25, 0.3) is 0 Å². The third kappa shape index (κ3) is 4.18. The predicted molar refractivity (Wildman–Crippen MR) is 63.5 cm³/mol. The number of anilines is 1. The zero-order chi connectivity index (χ0) is 13.8. The number of nitrogens with zero attached hydrogens (tertiary/aromatic N) is 2. The van der Waals surface area contributed by atoms with Crippen molar-refractivity contribution in [1.82, 2.24) is 4.98 Å². The average molecular weight is 262 g/mol. The smallest absolute Gasteiger partial charge is 0.392 e. The van der Waals surface area contributed by atoms with Crippen molar-refractivity contribution in [2.45, 2.75) is 33.1 Å². The van der Waals surface area contributed by atoms with E-state index in [-0.39, 0.29) is 6.61 Å². The minimum absolute atomic E-state index is 0.161. The molecule has 0 bridgehead atoms. The third-order valence-electron chi connectivity index (χ3n) is 2.54. The molecular weight excluding hydrogens is 245 g/mol. The molecule has 0 unspecified atom stereocenters. The monoisotopic (exact) mass is 262 g/mol. The summed E-state index contributed by atoms with van der Waals surface area (Å²) in [6, 6.07) is 3.12. The summed E-state index contributed by atoms with van der Waals surface area (Å²) in [7, 11) is 0. The van der Waals surface area contributed by atoms with Crippen LogP contribution in [-0.2, 0) is 6.61 Å². The highest BCUT2D eigenvalue weighted by Crippen LogP contribution is 2.22. The van der Waals surface area contributed by atoms with Gasteiger partial charge in [-0.3, -0.25) is 0 Å². The molecule has 0 fully saturated rings. The molecule has 0 aliphatic rings. The second-order valence-corrected chi connectivity index (χ2v) is 4.11. The number of aliphatic hydroxyl groups excluding tert-OH is 1. The Balaban J connectivity index is 2.95. The highest BCUT2D eigenvalue weighted by Gasteiger charge is 2.31. The van der Waals surface area contributed by atoms with E-state index in [1.165, 1.54) is 11.0 Å². The van der Waals surface area contributed by atoms with Crippen LogP contribution >= 0.6 is 0 Å². The molecular formula is C12H17F3N2O. The van der Waals surface area contributed by atoms with E-state index in [0.717, 1.165) is 0 Å². The number of rotatable bonds is 5. The van der Waals surface area contributed by atoms with Crippen molar-refractivity contribution in [3.8, 4) is 0 Å². The minimum Gasteiger partial charge on any atom is -0.392 e. The fraction of sp³-hybridized carbons (Fsp3) is 0.583. The molecule has 0 amide bonds. The van der Waals surface area contributed by atoms with Crippen LogP contribution in [0.5, 0.6) is 0 Å². The molecule has 3 nitrogen and oxygen atoms in total. The molecule has 1 aromatic heterocycles. The maximum Gasteiger partial charge on any atom is 0.405 e. The molecule has 0 aromatic carbocycles. The van der Waals surface area contributed by atoms with Gasteiger partial charge in [-0.05, 0) is 25.0 Å². The lowest BCUT2D eigenvalue weighted by atomic mass is 10.2. The predicted octanol–water partition coefficient (Wildman–Crippen LogP) is 2.66. The second kappa shape index (κ2) is 6.04. The molecule has 0 aliphatic heterocycles. The number of alkyl halides is 3. The van der Waals surface area contributed by atoms with Crippen LogP contribution < -0.4 is 4.90 Å². The fourth-order valence-corrected chi connectivity index (χ4v) is 1.68. The number of halogens is 3. The van der Waals surface area contributed by atoms with Crippen molar-refractivity contribution in [2.75, 3.05) is 18.0 Å². The van der Waals surface area contributed by atoms with Gasteiger partial charge in [0.2, 0.25) is 0 Å². The Morgan fingerprint density at radius 3 is 2.44 bits per heavy atom. The molecule has 0 aliphatic carbocycles. The van der Waals surface area contributed by atoms with Crippen LogP contribution in [-0.4, -0.2) is 29.4 Å². The summed E-state index contributed by atoms with van der Waals surface area (Å²) in [4.78, 5) is 5.32. The lowest BCUT2D eigenvalue weighted by Gasteiger charge is -2.25. The highest BCUT2D eigenvalue weighted by molar-refractivity contribution is 5.41. The normalized spacial score (nSPS) is 11.7. The van der Waals surface area contributed by atoms with Crippen LogP contribution in [0.4, 0.5) is 19.0 Å². The first kappa shape index (κ1) is 14.8. The molecule has 1 aromatic rings. The van der Waals surface area contributed by atoms with Crippen LogP contribution in [0, 0.1) is 6.92 Å². The van der Waals surface area contributed by atoms with Gasteiger partial charge in [0.1, 0.15) is 12.4 Å². The number of aliphatic hydroxyl groups is 1. The van der Waals surface area contributed by atoms with Crippen LogP contribution in [0.1, 0.15) is 24.6 Å². The van der Waals surface area contributed by atoms with Gasteiger partial charge in [-0.15, -0.1) is 0 Å². The summed E-state index contributed by atoms with van der Waals surface area (Å²) in [5.41, 5.74) is 1.18. The summed E-state index contributed by atoms with van der Waals surface area (Å²) in [5.74, 6) is 0.295. The van der Waals surface area contributed by atoms with Gasteiger partial charge in [0.05, 0.1) is 6.61 Å². The molecule has 0 saturated heterocycles. The van der Waals surface area contributed by atoms with E-state index in [4.69, 9.17) is 5.11 Å². The molecule has 6 heteroatoms. The van der Waals surface area contributed by atoms with E-state index in [1.54, 1.807) is 13.0 Å². The van der Waals surface area contributed by atoms with Crippen molar-refractivity contribution in [3.05, 3.63) is 23.4 Å². The van der Waals surface area contributed by atoms with Gasteiger partial charge in [-0.25, -0.2) is 4.98 Å². The van der Waals surface area contributed by atoms with Gasteiger partial charge in [0.15, 0.2) is 0 Å². The summed E-state index contributed by atoms with van der Waals surface area (Å²) in [6.45, 7) is 2.62. The maximum atomic E-state index is 12.5. The summed E-state index contributed by atoms with van der Waals surface area (Å²) in [5, 5.41) is 9.00. The molecule has 1 heterocycles. The lowest BCUT2D eigenvalue weighted by Crippen LogP contribution is -2.35. The van der Waals surface area contributed by atoms with E-state index in [0.29, 0.717) is 30.0 Å². The topological polar surface area (TPSA) is 36.4 Å². The van der Waals surface area contributed by atoms with Gasteiger partial charge in [0, 0.05) is 12.2 Å². The standard InChI is InChI=1S/C12H17F3N2O/c1-3-6-17(8-12(13,14)15)11-5-4-10(7-18)9(2)16-11/h4-5,18H,3,6-8H2,1-2H3. The molecule has 0 atom stereocenters. The number of hydrogen-bond acceptors (Lipinski definition) is 3. The third-order valence-corrected chi connectivity index (χ3v) is 2.54. The van der Waals surface area contributed by atoms with E-state index in [2.05, 4.69) is 4.98 Å². The molecule has 1 N–H and O–H groups in total. The number of hydrogen-bond donors (Lipinski definition) is 1. The zero-order valence-electron chi connectivity index (χ0n) is 10.5. The van der Waals surface area contributed by atoms with Crippen molar-refractivity contribution < 1.29 is 18.3 Å². The Bertz CT molecular complexity index is 393. The van der Waals surface area contributed by atoms with Gasteiger partial charge in [-0.1, -0.05) is 13.0 Å². The Kier molecular flexibility index (Phi) is 4.95. The van der Waals surface area contributed by atoms with Crippen LogP contribution in [0.2, 0.25) is 0 Å². The summed E-state index contributed by atoms with van der Waals surface area (Å²) >= 11 is 0. The number of aromatic nitrogens is 1. The van der Waals surface area contributed by atoms with Gasteiger partial charge < -0.3 is 10.0 Å². The SMILES string of the molecule is CCCN(CC(F)(F)F)c1ccc(CO)c(C)n1. The Morgan fingerprint density at radius 2 is 2.00 bits per heavy atom. The molecule has 0 saturated carbocycles. The molecule has 18 heavy (non-hydrogen) atoms. The first-order valence-corrected chi connectivity index (χ1v) is 5.76. The van der Waals surface area contributed by atoms with Crippen molar-refractivity contribution in [1.29, 1.82) is 0 Å². The van der Waals surface area contributed by atoms with E-state index in [9.17, 15) is 13.2 Å². The lowest BCUT2D eigenvalue weighted by molar-refractivity contribution is -0.119. The molecule has 0 radical (unpaired) electrons. The van der Waals surface area contributed by atoms with Gasteiger partial charge >= 0.3 is 6.18 Å². The van der Waals surface area contributed by atoms with E-state index < -0.39 is 12.7 Å². The maximum absolute atomic E-state index is 12.5. The van der Waals surface area contributed by atoms with E-state index in [1.807, 2.05) is 6.92 Å². The minimum atomic E-state index is -4.25. The zero-order valence-corrected chi connectivity index (χ0v) is 10.5. The molecule has 0 spiro atoms. The Labute approximate surface area is 104 Å². The Morgan fingerprint density at radius 1 is 1.33 bits per heavy atom. The second-order valence-electron chi connectivity index (χ2n) is 4.11. The largest absolute Gasteiger partial charge is 0.405 e. The quantitative estimate of drug-likeness (QED) is 0.886. The van der Waals surface area contributed by atoms with Crippen LogP contribution in [0.3, 0.4) is 0 Å². The van der Waals surface area contributed by atoms with Gasteiger partial charge in [-0.2, -0.15) is 13.2 Å². The number of aryl methyl sites for hydroxylation is 1. The van der Waals surface area contributed by atoms with Crippen LogP contribution in [0.15, 0.2) is 12.1 Å². The summed E-state index contributed by atoms with van der Waals surface area (Å²) in [6.07, 6.45) is -3.64. The molecule has 1 rings (SSSR count). The van der Waals surface area contributed by atoms with Crippen molar-refractivity contribution >= 4 is 5.82 Å². The van der Waals surface area contributed by atoms with Crippen molar-refractivity contribution in [3.63, 3.8) is 0 Å². The van der Waals surface area contributed by atoms with E-state index >= 15 is 0 Å².